The number of para-hydroxylation sites is 1. The van der Waals surface area contributed by atoms with Gasteiger partial charge in [0.25, 0.3) is 5.91 Å². The molecule has 1 amide bonds. The van der Waals surface area contributed by atoms with Crippen molar-refractivity contribution in [2.45, 2.75) is 27.3 Å². The Kier molecular flexibility index (Phi) is 3.22. The van der Waals surface area contributed by atoms with Gasteiger partial charge in [-0.2, -0.15) is 0 Å². The van der Waals surface area contributed by atoms with Crippen LogP contribution in [-0.4, -0.2) is 22.5 Å². The fraction of sp³-hybridized carbons (Fsp3) is 0.429. The maximum absolute atomic E-state index is 12.1. The van der Waals surface area contributed by atoms with Crippen LogP contribution in [-0.2, 0) is 6.54 Å². The van der Waals surface area contributed by atoms with E-state index in [0.29, 0.717) is 23.1 Å². The van der Waals surface area contributed by atoms with Crippen molar-refractivity contribution in [1.29, 1.82) is 0 Å². The number of carbonyl (C=O) groups excluding carboxylic acids is 1. The number of hydrogen-bond acceptors (Lipinski definition) is 2. The van der Waals surface area contributed by atoms with Crippen LogP contribution in [0.2, 0.25) is 0 Å². The number of benzene rings is 1. The molecule has 0 spiro atoms. The van der Waals surface area contributed by atoms with Gasteiger partial charge >= 0.3 is 5.69 Å². The summed E-state index contributed by atoms with van der Waals surface area (Å²) in [5.74, 6) is -0.188. The van der Waals surface area contributed by atoms with Crippen LogP contribution in [0.5, 0.6) is 0 Å². The molecular formula is C14H19N3O2. The maximum Gasteiger partial charge on any atom is 0.326 e. The molecule has 19 heavy (non-hydrogen) atoms. The van der Waals surface area contributed by atoms with E-state index >= 15 is 0 Å². The third kappa shape index (κ3) is 2.54. The van der Waals surface area contributed by atoms with Gasteiger partial charge in [-0.15, -0.1) is 0 Å². The van der Waals surface area contributed by atoms with E-state index in [2.05, 4.69) is 31.1 Å². The highest BCUT2D eigenvalue weighted by Gasteiger charge is 2.19. The fourth-order valence-corrected chi connectivity index (χ4v) is 2.16. The van der Waals surface area contributed by atoms with Crippen molar-refractivity contribution in [1.82, 2.24) is 14.9 Å². The van der Waals surface area contributed by atoms with Crippen molar-refractivity contribution in [2.75, 3.05) is 7.05 Å². The lowest BCUT2D eigenvalue weighted by molar-refractivity contribution is 0.0964. The monoisotopic (exact) mass is 261 g/mol. The van der Waals surface area contributed by atoms with Gasteiger partial charge in [0, 0.05) is 13.6 Å². The van der Waals surface area contributed by atoms with Crippen LogP contribution in [0.25, 0.3) is 11.0 Å². The molecule has 1 aromatic carbocycles. The van der Waals surface area contributed by atoms with Gasteiger partial charge in [-0.1, -0.05) is 26.8 Å². The number of hydrogen-bond donors (Lipinski definition) is 2. The van der Waals surface area contributed by atoms with E-state index < -0.39 is 0 Å². The summed E-state index contributed by atoms with van der Waals surface area (Å²) in [5.41, 5.74) is 1.65. The van der Waals surface area contributed by atoms with Crippen molar-refractivity contribution in [3.8, 4) is 0 Å². The second-order valence-corrected chi connectivity index (χ2v) is 5.86. The highest BCUT2D eigenvalue weighted by atomic mass is 16.2. The lowest BCUT2D eigenvalue weighted by Gasteiger charge is -2.19. The Morgan fingerprint density at radius 1 is 1.37 bits per heavy atom. The molecule has 2 rings (SSSR count). The number of nitrogens with zero attached hydrogens (tertiary/aromatic N) is 1. The number of aromatic nitrogens is 2. The molecule has 0 bridgehead atoms. The number of fused-ring (bicyclic) bond motifs is 1. The predicted molar refractivity (Wildman–Crippen MR) is 75.4 cm³/mol. The van der Waals surface area contributed by atoms with Crippen LogP contribution in [0.1, 0.15) is 31.1 Å². The molecule has 0 saturated heterocycles. The molecule has 0 fully saturated rings. The summed E-state index contributed by atoms with van der Waals surface area (Å²) in [5, 5.41) is 2.60. The normalized spacial score (nSPS) is 11.8. The molecule has 0 saturated carbocycles. The number of nitrogens with one attached hydrogen (secondary N) is 2. The molecule has 0 atom stereocenters. The Morgan fingerprint density at radius 3 is 2.63 bits per heavy atom. The van der Waals surface area contributed by atoms with Gasteiger partial charge < -0.3 is 10.3 Å². The van der Waals surface area contributed by atoms with Gasteiger partial charge in [0.2, 0.25) is 0 Å². The minimum Gasteiger partial charge on any atom is -0.355 e. The average Bonchev–Trinajstić information content (AvgIpc) is 2.63. The van der Waals surface area contributed by atoms with Crippen LogP contribution in [0.4, 0.5) is 0 Å². The number of H-pyrrole nitrogens is 1. The van der Waals surface area contributed by atoms with E-state index in [-0.39, 0.29) is 17.0 Å². The molecule has 0 unspecified atom stereocenters. The first kappa shape index (κ1) is 13.4. The van der Waals surface area contributed by atoms with Gasteiger partial charge in [0.05, 0.1) is 16.6 Å². The minimum absolute atomic E-state index is 0.0469. The highest BCUT2D eigenvalue weighted by molar-refractivity contribution is 6.04. The molecule has 5 heteroatoms. The second kappa shape index (κ2) is 4.57. The Labute approximate surface area is 111 Å². The molecule has 0 radical (unpaired) electrons. The van der Waals surface area contributed by atoms with E-state index in [9.17, 15) is 9.59 Å². The van der Waals surface area contributed by atoms with Gasteiger partial charge in [-0.05, 0) is 17.5 Å². The third-order valence-electron chi connectivity index (χ3n) is 2.90. The zero-order chi connectivity index (χ0) is 14.2. The van der Waals surface area contributed by atoms with Crippen LogP contribution >= 0.6 is 0 Å². The SMILES string of the molecule is CNC(=O)c1cccc2[nH]c(=O)n(CC(C)(C)C)c12. The Morgan fingerprint density at radius 2 is 2.05 bits per heavy atom. The van der Waals surface area contributed by atoms with E-state index in [4.69, 9.17) is 0 Å². The van der Waals surface area contributed by atoms with Crippen molar-refractivity contribution in [3.63, 3.8) is 0 Å². The highest BCUT2D eigenvalue weighted by Crippen LogP contribution is 2.21. The number of imidazole rings is 1. The van der Waals surface area contributed by atoms with Crippen LogP contribution in [0.15, 0.2) is 23.0 Å². The predicted octanol–water partition coefficient (Wildman–Crippen LogP) is 1.74. The zero-order valence-electron chi connectivity index (χ0n) is 11.7. The Balaban J connectivity index is 2.72. The molecule has 2 aromatic rings. The number of carbonyl (C=O) groups is 1. The van der Waals surface area contributed by atoms with Crippen LogP contribution < -0.4 is 11.0 Å². The van der Waals surface area contributed by atoms with E-state index in [1.165, 1.54) is 0 Å². The van der Waals surface area contributed by atoms with Crippen molar-refractivity contribution in [3.05, 3.63) is 34.2 Å². The number of rotatable bonds is 2. The fourth-order valence-electron chi connectivity index (χ4n) is 2.16. The molecule has 1 heterocycles. The molecule has 0 aliphatic heterocycles. The smallest absolute Gasteiger partial charge is 0.326 e. The summed E-state index contributed by atoms with van der Waals surface area (Å²) in [6.45, 7) is 6.72. The lowest BCUT2D eigenvalue weighted by atomic mass is 9.96. The topological polar surface area (TPSA) is 66.9 Å². The van der Waals surface area contributed by atoms with Crippen molar-refractivity contribution in [2.24, 2.45) is 5.41 Å². The zero-order valence-corrected chi connectivity index (χ0v) is 11.7. The van der Waals surface area contributed by atoms with E-state index in [1.807, 2.05) is 6.07 Å². The van der Waals surface area contributed by atoms with Gasteiger partial charge in [-0.25, -0.2) is 4.79 Å². The van der Waals surface area contributed by atoms with Gasteiger partial charge in [0.15, 0.2) is 0 Å². The average molecular weight is 261 g/mol. The second-order valence-electron chi connectivity index (χ2n) is 5.86. The maximum atomic E-state index is 12.1. The Hall–Kier alpha value is -2.04. The molecule has 0 aliphatic rings. The molecule has 0 aliphatic carbocycles. The molecular weight excluding hydrogens is 242 g/mol. The first-order valence-corrected chi connectivity index (χ1v) is 6.27. The summed E-state index contributed by atoms with van der Waals surface area (Å²) in [6.07, 6.45) is 0. The summed E-state index contributed by atoms with van der Waals surface area (Å²) in [6, 6.07) is 5.31. The van der Waals surface area contributed by atoms with Gasteiger partial charge in [0.1, 0.15) is 0 Å². The Bertz CT molecular complexity index is 674. The van der Waals surface area contributed by atoms with Crippen LogP contribution in [0.3, 0.4) is 0 Å². The summed E-state index contributed by atoms with van der Waals surface area (Å²) in [7, 11) is 1.58. The van der Waals surface area contributed by atoms with Gasteiger partial charge in [-0.3, -0.25) is 9.36 Å². The lowest BCUT2D eigenvalue weighted by Crippen LogP contribution is -2.26. The summed E-state index contributed by atoms with van der Waals surface area (Å²) in [4.78, 5) is 26.8. The third-order valence-corrected chi connectivity index (χ3v) is 2.90. The minimum atomic E-state index is -0.188. The molecule has 5 nitrogen and oxygen atoms in total. The van der Waals surface area contributed by atoms with E-state index in [1.54, 1.807) is 23.7 Å². The number of aromatic amines is 1. The first-order chi connectivity index (χ1) is 8.83. The summed E-state index contributed by atoms with van der Waals surface area (Å²) >= 11 is 0. The molecule has 1 aromatic heterocycles. The molecule has 2 N–H and O–H groups in total. The standard InChI is InChI=1S/C14H19N3O2/c1-14(2,3)8-17-11-9(12(18)15-4)6-5-7-10(11)16-13(17)19/h5-7H,8H2,1-4H3,(H,15,18)(H,16,19). The molecule has 102 valence electrons. The van der Waals surface area contributed by atoms with E-state index in [0.717, 1.165) is 0 Å². The summed E-state index contributed by atoms with van der Waals surface area (Å²) < 4.78 is 1.64. The van der Waals surface area contributed by atoms with Crippen LogP contribution in [0, 0.1) is 5.41 Å². The largest absolute Gasteiger partial charge is 0.355 e. The van der Waals surface area contributed by atoms with Crippen molar-refractivity contribution < 1.29 is 4.79 Å². The van der Waals surface area contributed by atoms with Crippen molar-refractivity contribution >= 4 is 16.9 Å². The number of amides is 1. The quantitative estimate of drug-likeness (QED) is 0.864. The first-order valence-electron chi connectivity index (χ1n) is 6.27.